The lowest BCUT2D eigenvalue weighted by Gasteiger charge is -2.07. The second-order valence-electron chi connectivity index (χ2n) is 3.84. The molecule has 0 unspecified atom stereocenters. The maximum atomic E-state index is 13.0. The number of hydrogen-bond acceptors (Lipinski definition) is 1. The van der Waals surface area contributed by atoms with Gasteiger partial charge in [-0.05, 0) is 30.3 Å². The molecule has 0 heterocycles. The van der Waals surface area contributed by atoms with Crippen molar-refractivity contribution >= 4 is 23.2 Å². The van der Waals surface area contributed by atoms with Crippen LogP contribution in [0.15, 0.2) is 30.3 Å². The summed E-state index contributed by atoms with van der Waals surface area (Å²) in [5.74, 6) is -6.18. The molecule has 0 radical (unpaired) electrons. The average molecular weight is 304 g/mol. The molecule has 1 amide bonds. The van der Waals surface area contributed by atoms with Gasteiger partial charge in [0.05, 0.1) is 5.02 Å². The summed E-state index contributed by atoms with van der Waals surface area (Å²) < 4.78 is 51.7. The van der Waals surface area contributed by atoms with Crippen molar-refractivity contribution in [2.24, 2.45) is 0 Å². The van der Waals surface area contributed by atoms with Gasteiger partial charge in [0.15, 0.2) is 17.5 Å². The molecule has 0 aliphatic heterocycles. The minimum atomic E-state index is -1.66. The Hall–Kier alpha value is -2.08. The van der Waals surface area contributed by atoms with Crippen LogP contribution in [-0.2, 0) is 0 Å². The van der Waals surface area contributed by atoms with E-state index in [0.717, 1.165) is 12.1 Å². The lowest BCUT2D eigenvalue weighted by molar-refractivity contribution is 0.102. The summed E-state index contributed by atoms with van der Waals surface area (Å²) in [5, 5.41) is 2.03. The summed E-state index contributed by atoms with van der Waals surface area (Å²) in [6, 6.07) is 4.47. The molecule has 0 aromatic heterocycles. The highest BCUT2D eigenvalue weighted by Crippen LogP contribution is 2.20. The molecular weight excluding hydrogens is 298 g/mol. The molecule has 2 rings (SSSR count). The predicted molar refractivity (Wildman–Crippen MR) is 65.7 cm³/mol. The molecule has 0 atom stereocenters. The van der Waals surface area contributed by atoms with Gasteiger partial charge in [0.2, 0.25) is 0 Å². The summed E-state index contributed by atoms with van der Waals surface area (Å²) in [6.07, 6.45) is 0. The average Bonchev–Trinajstić information content (AvgIpc) is 2.39. The number of amides is 1. The highest BCUT2D eigenvalue weighted by atomic mass is 35.5. The first-order valence-electron chi connectivity index (χ1n) is 5.29. The largest absolute Gasteiger partial charge is 0.322 e. The van der Waals surface area contributed by atoms with E-state index in [2.05, 4.69) is 5.32 Å². The quantitative estimate of drug-likeness (QED) is 0.655. The first-order chi connectivity index (χ1) is 9.38. The van der Waals surface area contributed by atoms with Crippen LogP contribution in [0.25, 0.3) is 0 Å². The second kappa shape index (κ2) is 5.50. The standard InChI is InChI=1S/C13H6ClF4NO/c14-8-5-7(1-2-9(8)15)19-13(20)6-3-10(16)12(18)11(17)4-6/h1-5H,(H,19,20). The van der Waals surface area contributed by atoms with E-state index in [9.17, 15) is 22.4 Å². The van der Waals surface area contributed by atoms with Gasteiger partial charge in [0.1, 0.15) is 5.82 Å². The molecule has 0 spiro atoms. The molecular formula is C13H6ClF4NO. The molecule has 20 heavy (non-hydrogen) atoms. The molecule has 0 fully saturated rings. The van der Waals surface area contributed by atoms with Gasteiger partial charge in [-0.1, -0.05) is 11.6 Å². The molecule has 104 valence electrons. The molecule has 0 saturated heterocycles. The van der Waals surface area contributed by atoms with Crippen molar-refractivity contribution in [1.82, 2.24) is 0 Å². The zero-order valence-electron chi connectivity index (χ0n) is 9.68. The summed E-state index contributed by atoms with van der Waals surface area (Å²) in [6.45, 7) is 0. The Morgan fingerprint density at radius 1 is 0.950 bits per heavy atom. The van der Waals surface area contributed by atoms with Crippen LogP contribution in [-0.4, -0.2) is 5.91 Å². The fraction of sp³-hybridized carbons (Fsp3) is 0. The molecule has 0 bridgehead atoms. The van der Waals surface area contributed by atoms with Crippen LogP contribution < -0.4 is 5.32 Å². The Balaban J connectivity index is 2.26. The Kier molecular flexibility index (Phi) is 3.94. The third kappa shape index (κ3) is 2.91. The maximum absolute atomic E-state index is 13.0. The lowest BCUT2D eigenvalue weighted by Crippen LogP contribution is -2.13. The molecule has 0 saturated carbocycles. The molecule has 0 aliphatic rings. The maximum Gasteiger partial charge on any atom is 0.255 e. The lowest BCUT2D eigenvalue weighted by atomic mass is 10.2. The van der Waals surface area contributed by atoms with Gasteiger partial charge >= 0.3 is 0 Å². The molecule has 2 aromatic rings. The molecule has 7 heteroatoms. The highest BCUT2D eigenvalue weighted by Gasteiger charge is 2.15. The summed E-state index contributed by atoms with van der Waals surface area (Å²) in [5.41, 5.74) is -0.284. The fourth-order valence-corrected chi connectivity index (χ4v) is 1.64. The van der Waals surface area contributed by atoms with E-state index in [1.165, 1.54) is 6.07 Å². The van der Waals surface area contributed by atoms with E-state index < -0.39 is 34.7 Å². The van der Waals surface area contributed by atoms with Crippen molar-refractivity contribution in [3.63, 3.8) is 0 Å². The van der Waals surface area contributed by atoms with Crippen molar-refractivity contribution in [1.29, 1.82) is 0 Å². The van der Waals surface area contributed by atoms with Gasteiger partial charge in [-0.2, -0.15) is 0 Å². The number of anilines is 1. The minimum absolute atomic E-state index is 0.131. The fourth-order valence-electron chi connectivity index (χ4n) is 1.46. The van der Waals surface area contributed by atoms with Crippen LogP contribution in [0.3, 0.4) is 0 Å². The van der Waals surface area contributed by atoms with Gasteiger partial charge in [0.25, 0.3) is 5.91 Å². The van der Waals surface area contributed by atoms with E-state index in [0.29, 0.717) is 12.1 Å². The van der Waals surface area contributed by atoms with E-state index in [4.69, 9.17) is 11.6 Å². The van der Waals surface area contributed by atoms with E-state index in [1.807, 2.05) is 0 Å². The predicted octanol–water partition coefficient (Wildman–Crippen LogP) is 4.15. The van der Waals surface area contributed by atoms with Crippen LogP contribution in [0.2, 0.25) is 5.02 Å². The number of benzene rings is 2. The smallest absolute Gasteiger partial charge is 0.255 e. The number of carbonyl (C=O) groups excluding carboxylic acids is 1. The van der Waals surface area contributed by atoms with Crippen molar-refractivity contribution in [3.8, 4) is 0 Å². The number of rotatable bonds is 2. The van der Waals surface area contributed by atoms with Crippen LogP contribution in [0.1, 0.15) is 10.4 Å². The normalized spacial score (nSPS) is 10.4. The Bertz CT molecular complexity index is 667. The van der Waals surface area contributed by atoms with Crippen molar-refractivity contribution in [2.45, 2.75) is 0 Å². The summed E-state index contributed by atoms with van der Waals surface area (Å²) in [7, 11) is 0. The SMILES string of the molecule is O=C(Nc1ccc(F)c(Cl)c1)c1cc(F)c(F)c(F)c1. The van der Waals surface area contributed by atoms with Crippen LogP contribution in [0, 0.1) is 23.3 Å². The van der Waals surface area contributed by atoms with Crippen molar-refractivity contribution in [2.75, 3.05) is 5.32 Å². The van der Waals surface area contributed by atoms with E-state index in [1.54, 1.807) is 0 Å². The number of hydrogen-bond donors (Lipinski definition) is 1. The van der Waals surface area contributed by atoms with Crippen LogP contribution in [0.5, 0.6) is 0 Å². The second-order valence-corrected chi connectivity index (χ2v) is 4.24. The van der Waals surface area contributed by atoms with Gasteiger partial charge < -0.3 is 5.32 Å². The number of halogens is 5. The van der Waals surface area contributed by atoms with Crippen molar-refractivity contribution in [3.05, 3.63) is 64.2 Å². The highest BCUT2D eigenvalue weighted by molar-refractivity contribution is 6.31. The molecule has 1 N–H and O–H groups in total. The van der Waals surface area contributed by atoms with Crippen LogP contribution >= 0.6 is 11.6 Å². The van der Waals surface area contributed by atoms with Gasteiger partial charge in [0, 0.05) is 11.3 Å². The number of carbonyl (C=O) groups is 1. The molecule has 2 aromatic carbocycles. The summed E-state index contributed by atoms with van der Waals surface area (Å²) in [4.78, 5) is 11.7. The van der Waals surface area contributed by atoms with Gasteiger partial charge in [-0.15, -0.1) is 0 Å². The molecule has 0 aliphatic carbocycles. The van der Waals surface area contributed by atoms with Crippen molar-refractivity contribution < 1.29 is 22.4 Å². The minimum Gasteiger partial charge on any atom is -0.322 e. The topological polar surface area (TPSA) is 29.1 Å². The van der Waals surface area contributed by atoms with E-state index in [-0.39, 0.29) is 10.7 Å². The monoisotopic (exact) mass is 303 g/mol. The molecule has 2 nitrogen and oxygen atoms in total. The van der Waals surface area contributed by atoms with Crippen LogP contribution in [0.4, 0.5) is 23.2 Å². The Morgan fingerprint density at radius 2 is 1.55 bits per heavy atom. The van der Waals surface area contributed by atoms with Gasteiger partial charge in [-0.25, -0.2) is 17.6 Å². The number of nitrogens with one attached hydrogen (secondary N) is 1. The third-order valence-corrected chi connectivity index (χ3v) is 2.71. The third-order valence-electron chi connectivity index (χ3n) is 2.42. The van der Waals surface area contributed by atoms with Gasteiger partial charge in [-0.3, -0.25) is 4.79 Å². The Morgan fingerprint density at radius 3 is 2.10 bits per heavy atom. The Labute approximate surface area is 116 Å². The first-order valence-corrected chi connectivity index (χ1v) is 5.67. The van der Waals surface area contributed by atoms with E-state index >= 15 is 0 Å². The summed E-state index contributed by atoms with van der Waals surface area (Å²) >= 11 is 5.52. The zero-order valence-corrected chi connectivity index (χ0v) is 10.4. The zero-order chi connectivity index (χ0) is 14.9. The first kappa shape index (κ1) is 14.3.